The molecule has 0 unspecified atom stereocenters. The Hall–Kier alpha value is -1.75. The number of likely N-dealkylation sites (tertiary alicyclic amines) is 1. The van der Waals surface area contributed by atoms with Crippen LogP contribution in [-0.4, -0.2) is 36.5 Å². The third kappa shape index (κ3) is 4.42. The molecule has 0 aliphatic carbocycles. The maximum absolute atomic E-state index is 11.7. The number of hydrogen-bond donors (Lipinski definition) is 2. The molecule has 0 radical (unpaired) electrons. The quantitative estimate of drug-likeness (QED) is 0.889. The van der Waals surface area contributed by atoms with E-state index in [-0.39, 0.29) is 18.5 Å². The van der Waals surface area contributed by atoms with Crippen molar-refractivity contribution in [1.29, 1.82) is 0 Å². The number of rotatable bonds is 4. The van der Waals surface area contributed by atoms with Crippen molar-refractivity contribution in [2.75, 3.05) is 19.6 Å². The van der Waals surface area contributed by atoms with Crippen molar-refractivity contribution < 1.29 is 9.59 Å². The summed E-state index contributed by atoms with van der Waals surface area (Å²) < 4.78 is 0. The number of carbonyl (C=O) groups is 2. The summed E-state index contributed by atoms with van der Waals surface area (Å²) in [7, 11) is 0. The highest BCUT2D eigenvalue weighted by Crippen LogP contribution is 2.09. The van der Waals surface area contributed by atoms with E-state index in [9.17, 15) is 9.59 Å². The summed E-state index contributed by atoms with van der Waals surface area (Å²) in [6.07, 6.45) is 2.10. The molecule has 20 heavy (non-hydrogen) atoms. The van der Waals surface area contributed by atoms with Gasteiger partial charge in [0.05, 0.1) is 6.54 Å². The number of nitrogens with zero attached hydrogens (tertiary/aromatic N) is 1. The molecule has 0 spiro atoms. The number of hydrogen-bond acceptors (Lipinski definition) is 2. The van der Waals surface area contributed by atoms with Crippen LogP contribution in [0, 0.1) is 0 Å². The van der Waals surface area contributed by atoms with Gasteiger partial charge in [0.2, 0.25) is 5.91 Å². The van der Waals surface area contributed by atoms with Gasteiger partial charge in [-0.2, -0.15) is 0 Å². The third-order valence-electron chi connectivity index (χ3n) is 3.23. The van der Waals surface area contributed by atoms with E-state index in [4.69, 9.17) is 11.6 Å². The minimum atomic E-state index is -0.340. The highest BCUT2D eigenvalue weighted by molar-refractivity contribution is 6.30. The number of nitrogens with one attached hydrogen (secondary N) is 2. The fourth-order valence-corrected chi connectivity index (χ4v) is 2.21. The molecular weight excluding hydrogens is 278 g/mol. The van der Waals surface area contributed by atoms with Gasteiger partial charge in [0.25, 0.3) is 0 Å². The van der Waals surface area contributed by atoms with Crippen molar-refractivity contribution in [2.45, 2.75) is 19.4 Å². The molecule has 6 heteroatoms. The zero-order valence-electron chi connectivity index (χ0n) is 11.2. The Morgan fingerprint density at radius 2 is 1.75 bits per heavy atom. The van der Waals surface area contributed by atoms with E-state index in [1.165, 1.54) is 0 Å². The zero-order chi connectivity index (χ0) is 14.4. The number of urea groups is 1. The van der Waals surface area contributed by atoms with Crippen LogP contribution in [0.15, 0.2) is 24.3 Å². The molecule has 3 amide bonds. The molecule has 108 valence electrons. The van der Waals surface area contributed by atoms with Gasteiger partial charge < -0.3 is 15.5 Å². The number of halogens is 1. The van der Waals surface area contributed by atoms with Crippen molar-refractivity contribution in [2.24, 2.45) is 0 Å². The van der Waals surface area contributed by atoms with Gasteiger partial charge in [0.1, 0.15) is 0 Å². The predicted molar refractivity (Wildman–Crippen MR) is 77.5 cm³/mol. The van der Waals surface area contributed by atoms with Crippen LogP contribution in [-0.2, 0) is 11.3 Å². The van der Waals surface area contributed by atoms with Crippen LogP contribution < -0.4 is 10.6 Å². The monoisotopic (exact) mass is 295 g/mol. The summed E-state index contributed by atoms with van der Waals surface area (Å²) in [5, 5.41) is 5.94. The lowest BCUT2D eigenvalue weighted by atomic mass is 10.2. The van der Waals surface area contributed by atoms with Crippen molar-refractivity contribution in [1.82, 2.24) is 15.5 Å². The second-order valence-electron chi connectivity index (χ2n) is 4.75. The summed E-state index contributed by atoms with van der Waals surface area (Å²) in [4.78, 5) is 25.1. The number of benzene rings is 1. The lowest BCUT2D eigenvalue weighted by Crippen LogP contribution is -2.42. The van der Waals surface area contributed by atoms with Crippen LogP contribution in [0.25, 0.3) is 0 Å². The van der Waals surface area contributed by atoms with E-state index in [2.05, 4.69) is 10.6 Å². The average molecular weight is 296 g/mol. The molecule has 1 heterocycles. The maximum Gasteiger partial charge on any atom is 0.315 e. The Labute approximate surface area is 123 Å². The van der Waals surface area contributed by atoms with Crippen LogP contribution in [0.1, 0.15) is 18.4 Å². The Morgan fingerprint density at radius 1 is 1.10 bits per heavy atom. The summed E-state index contributed by atoms with van der Waals surface area (Å²) in [5.41, 5.74) is 0.954. The van der Waals surface area contributed by atoms with E-state index in [1.54, 1.807) is 17.0 Å². The highest BCUT2D eigenvalue weighted by atomic mass is 35.5. The molecule has 1 saturated heterocycles. The normalized spacial score (nSPS) is 14.2. The molecule has 1 aromatic carbocycles. The van der Waals surface area contributed by atoms with Crippen molar-refractivity contribution in [3.63, 3.8) is 0 Å². The van der Waals surface area contributed by atoms with E-state index >= 15 is 0 Å². The van der Waals surface area contributed by atoms with Crippen LogP contribution in [0.3, 0.4) is 0 Å². The van der Waals surface area contributed by atoms with E-state index in [0.29, 0.717) is 11.6 Å². The lowest BCUT2D eigenvalue weighted by Gasteiger charge is -2.15. The largest absolute Gasteiger partial charge is 0.341 e. The molecule has 1 fully saturated rings. The zero-order valence-corrected chi connectivity index (χ0v) is 11.9. The number of carbonyl (C=O) groups excluding carboxylic acids is 2. The van der Waals surface area contributed by atoms with Gasteiger partial charge in [0, 0.05) is 24.7 Å². The second kappa shape index (κ2) is 7.14. The minimum Gasteiger partial charge on any atom is -0.341 e. The van der Waals surface area contributed by atoms with E-state index < -0.39 is 0 Å². The molecule has 0 aromatic heterocycles. The van der Waals surface area contributed by atoms with Gasteiger partial charge in [-0.1, -0.05) is 23.7 Å². The van der Waals surface area contributed by atoms with Gasteiger partial charge in [-0.15, -0.1) is 0 Å². The SMILES string of the molecule is O=C(NCC(=O)N1CCCC1)NCc1ccc(Cl)cc1. The van der Waals surface area contributed by atoms with Gasteiger partial charge in [-0.05, 0) is 30.5 Å². The first kappa shape index (κ1) is 14.7. The van der Waals surface area contributed by atoms with Crippen molar-refractivity contribution in [3.05, 3.63) is 34.9 Å². The third-order valence-corrected chi connectivity index (χ3v) is 3.48. The summed E-state index contributed by atoms with van der Waals surface area (Å²) in [6.45, 7) is 2.05. The van der Waals surface area contributed by atoms with Crippen molar-refractivity contribution in [3.8, 4) is 0 Å². The molecule has 2 rings (SSSR count). The average Bonchev–Trinajstić information content (AvgIpc) is 2.98. The molecule has 1 aromatic rings. The van der Waals surface area contributed by atoms with Gasteiger partial charge >= 0.3 is 6.03 Å². The molecule has 0 bridgehead atoms. The first-order valence-corrected chi connectivity index (χ1v) is 7.07. The van der Waals surface area contributed by atoms with Gasteiger partial charge in [-0.3, -0.25) is 4.79 Å². The molecule has 5 nitrogen and oxygen atoms in total. The smallest absolute Gasteiger partial charge is 0.315 e. The Kier molecular flexibility index (Phi) is 5.24. The van der Waals surface area contributed by atoms with Crippen molar-refractivity contribution >= 4 is 23.5 Å². The summed E-state index contributed by atoms with van der Waals surface area (Å²) in [6, 6.07) is 6.89. The molecule has 0 saturated carbocycles. The molecule has 1 aliphatic rings. The van der Waals surface area contributed by atoms with Gasteiger partial charge in [-0.25, -0.2) is 4.79 Å². The first-order valence-electron chi connectivity index (χ1n) is 6.69. The molecule has 1 aliphatic heterocycles. The fraction of sp³-hybridized carbons (Fsp3) is 0.429. The minimum absolute atomic E-state index is 0.0239. The summed E-state index contributed by atoms with van der Waals surface area (Å²) in [5.74, 6) is -0.0239. The molecule has 0 atom stereocenters. The fourth-order valence-electron chi connectivity index (χ4n) is 2.08. The van der Waals surface area contributed by atoms with Crippen LogP contribution in [0.2, 0.25) is 5.02 Å². The highest BCUT2D eigenvalue weighted by Gasteiger charge is 2.17. The first-order chi connectivity index (χ1) is 9.65. The lowest BCUT2D eigenvalue weighted by molar-refractivity contribution is -0.128. The molecular formula is C14H18ClN3O2. The maximum atomic E-state index is 11.7. The van der Waals surface area contributed by atoms with Crippen LogP contribution in [0.5, 0.6) is 0 Å². The van der Waals surface area contributed by atoms with Gasteiger partial charge in [0.15, 0.2) is 0 Å². The Morgan fingerprint density at radius 3 is 2.40 bits per heavy atom. The second-order valence-corrected chi connectivity index (χ2v) is 5.19. The van der Waals surface area contributed by atoms with Crippen LogP contribution >= 0.6 is 11.6 Å². The predicted octanol–water partition coefficient (Wildman–Crippen LogP) is 1.76. The number of amides is 3. The van der Waals surface area contributed by atoms with E-state index in [1.807, 2.05) is 12.1 Å². The Bertz CT molecular complexity index is 470. The topological polar surface area (TPSA) is 61.4 Å². The van der Waals surface area contributed by atoms with Crippen LogP contribution in [0.4, 0.5) is 4.79 Å². The van der Waals surface area contributed by atoms with E-state index in [0.717, 1.165) is 31.5 Å². The summed E-state index contributed by atoms with van der Waals surface area (Å²) >= 11 is 5.78. The Balaban J connectivity index is 1.67. The standard InChI is InChI=1S/C14H18ClN3O2/c15-12-5-3-11(4-6-12)9-16-14(20)17-10-13(19)18-7-1-2-8-18/h3-6H,1-2,7-10H2,(H2,16,17,20). The molecule has 2 N–H and O–H groups in total.